The van der Waals surface area contributed by atoms with Crippen molar-refractivity contribution in [3.63, 3.8) is 0 Å². The molecule has 0 spiro atoms. The Bertz CT molecular complexity index is 916. The highest BCUT2D eigenvalue weighted by Crippen LogP contribution is 2.13. The highest BCUT2D eigenvalue weighted by molar-refractivity contribution is 5.94. The Morgan fingerprint density at radius 2 is 1.65 bits per heavy atom. The minimum Gasteiger partial charge on any atom is -0.445 e. The molecule has 0 saturated carbocycles. The maximum atomic E-state index is 12.4. The van der Waals surface area contributed by atoms with E-state index in [9.17, 15) is 14.4 Å². The Kier molecular flexibility index (Phi) is 11.2. The van der Waals surface area contributed by atoms with Gasteiger partial charge in [0.25, 0.3) is 0 Å². The van der Waals surface area contributed by atoms with Gasteiger partial charge in [-0.05, 0) is 48.4 Å². The predicted octanol–water partition coefficient (Wildman–Crippen LogP) is 3.44. The Hall–Kier alpha value is -3.23. The summed E-state index contributed by atoms with van der Waals surface area (Å²) in [6.07, 6.45) is 0.996. The summed E-state index contributed by atoms with van der Waals surface area (Å²) >= 11 is 0. The number of anilines is 1. The van der Waals surface area contributed by atoms with Crippen molar-refractivity contribution in [2.45, 2.75) is 51.8 Å². The minimum absolute atomic E-state index is 0.0246. The van der Waals surface area contributed by atoms with E-state index in [0.717, 1.165) is 11.1 Å². The average molecular weight is 470 g/mol. The number of alkyl carbamates (subject to hydrolysis) is 1. The molecule has 184 valence electrons. The van der Waals surface area contributed by atoms with Crippen LogP contribution >= 0.6 is 0 Å². The number of nitrogens with two attached hydrogens (primary N) is 1. The lowest BCUT2D eigenvalue weighted by Gasteiger charge is -2.17. The zero-order valence-corrected chi connectivity index (χ0v) is 20.1. The van der Waals surface area contributed by atoms with Gasteiger partial charge < -0.3 is 25.8 Å². The number of carbonyl (C=O) groups excluding carboxylic acids is 3. The summed E-state index contributed by atoms with van der Waals surface area (Å²) < 4.78 is 10.2. The van der Waals surface area contributed by atoms with Crippen LogP contribution in [0.3, 0.4) is 0 Å². The Morgan fingerprint density at radius 1 is 0.971 bits per heavy atom. The van der Waals surface area contributed by atoms with E-state index < -0.39 is 18.2 Å². The molecule has 34 heavy (non-hydrogen) atoms. The van der Waals surface area contributed by atoms with Gasteiger partial charge in [-0.2, -0.15) is 0 Å². The molecule has 0 aliphatic rings. The molecule has 2 amide bonds. The Labute approximate surface area is 201 Å². The van der Waals surface area contributed by atoms with Crippen molar-refractivity contribution < 1.29 is 23.9 Å². The zero-order chi connectivity index (χ0) is 24.9. The molecule has 4 N–H and O–H groups in total. The van der Waals surface area contributed by atoms with E-state index in [1.165, 1.54) is 7.11 Å². The van der Waals surface area contributed by atoms with Crippen LogP contribution < -0.4 is 16.4 Å². The second kappa shape index (κ2) is 14.1. The molecule has 0 fully saturated rings. The van der Waals surface area contributed by atoms with Gasteiger partial charge in [0.1, 0.15) is 13.2 Å². The van der Waals surface area contributed by atoms with Crippen molar-refractivity contribution in [2.24, 2.45) is 11.7 Å². The number of Topliss-reactive ketones (excluding diaryl/α,β-unsaturated/α-hetero) is 1. The van der Waals surface area contributed by atoms with Crippen LogP contribution in [0.2, 0.25) is 0 Å². The van der Waals surface area contributed by atoms with Crippen LogP contribution in [0.1, 0.15) is 37.8 Å². The van der Waals surface area contributed by atoms with Crippen LogP contribution in [0.4, 0.5) is 10.5 Å². The van der Waals surface area contributed by atoms with Gasteiger partial charge in [-0.25, -0.2) is 4.79 Å². The first-order valence-electron chi connectivity index (χ1n) is 11.4. The second-order valence-corrected chi connectivity index (χ2v) is 8.62. The number of ether oxygens (including phenoxy) is 2. The van der Waals surface area contributed by atoms with Crippen LogP contribution in [0, 0.1) is 5.92 Å². The number of ketones is 1. The third kappa shape index (κ3) is 9.72. The van der Waals surface area contributed by atoms with Gasteiger partial charge >= 0.3 is 6.09 Å². The van der Waals surface area contributed by atoms with Crippen molar-refractivity contribution in [2.75, 3.05) is 19.0 Å². The van der Waals surface area contributed by atoms with E-state index >= 15 is 0 Å². The van der Waals surface area contributed by atoms with E-state index in [2.05, 4.69) is 10.6 Å². The van der Waals surface area contributed by atoms with Gasteiger partial charge in [-0.15, -0.1) is 0 Å². The van der Waals surface area contributed by atoms with Crippen LogP contribution in [-0.2, 0) is 32.1 Å². The van der Waals surface area contributed by atoms with E-state index in [4.69, 9.17) is 15.2 Å². The number of amides is 2. The number of nitrogens with one attached hydrogen (secondary N) is 2. The number of carbonyl (C=O) groups is 3. The van der Waals surface area contributed by atoms with E-state index in [0.29, 0.717) is 30.9 Å². The monoisotopic (exact) mass is 469 g/mol. The summed E-state index contributed by atoms with van der Waals surface area (Å²) in [5.74, 6) is -0.125. The summed E-state index contributed by atoms with van der Waals surface area (Å²) in [4.78, 5) is 36.8. The quantitative estimate of drug-likeness (QED) is 0.413. The molecular formula is C26H35N3O5. The number of aryl methyl sites for hydroxylation is 1. The molecule has 2 aromatic carbocycles. The first-order chi connectivity index (χ1) is 16.3. The molecule has 0 aliphatic carbocycles. The summed E-state index contributed by atoms with van der Waals surface area (Å²) in [5, 5.41) is 5.43. The predicted molar refractivity (Wildman–Crippen MR) is 131 cm³/mol. The van der Waals surface area contributed by atoms with Gasteiger partial charge in [0.05, 0.1) is 12.1 Å². The molecule has 8 nitrogen and oxygen atoms in total. The molecule has 2 rings (SSSR count). The second-order valence-electron chi connectivity index (χ2n) is 8.62. The van der Waals surface area contributed by atoms with Crippen molar-refractivity contribution in [3.8, 4) is 0 Å². The lowest BCUT2D eigenvalue weighted by Crippen LogP contribution is -2.43. The smallest absolute Gasteiger partial charge is 0.408 e. The number of rotatable bonds is 13. The van der Waals surface area contributed by atoms with Gasteiger partial charge in [0, 0.05) is 12.8 Å². The lowest BCUT2D eigenvalue weighted by atomic mass is 10.0. The fraction of sp³-hybridized carbons (Fsp3) is 0.423. The number of hydrogen-bond acceptors (Lipinski definition) is 6. The summed E-state index contributed by atoms with van der Waals surface area (Å²) in [6.45, 7) is 3.96. The van der Waals surface area contributed by atoms with E-state index in [1.807, 2.05) is 44.2 Å². The van der Waals surface area contributed by atoms with Crippen LogP contribution in [0.25, 0.3) is 0 Å². The van der Waals surface area contributed by atoms with Gasteiger partial charge in [-0.3, -0.25) is 9.59 Å². The first-order valence-corrected chi connectivity index (χ1v) is 11.4. The fourth-order valence-corrected chi connectivity index (χ4v) is 3.38. The normalized spacial score (nSPS) is 12.6. The summed E-state index contributed by atoms with van der Waals surface area (Å²) in [7, 11) is 1.44. The Morgan fingerprint density at radius 3 is 2.26 bits per heavy atom. The fourth-order valence-electron chi connectivity index (χ4n) is 3.38. The SMILES string of the molecule is COCC(=O)[C@H](CCc1ccccc1)NC(=O)OCc1ccc(NC(=O)[C@@H](N)CC(C)C)cc1. The van der Waals surface area contributed by atoms with E-state index in [-0.39, 0.29) is 24.9 Å². The Balaban J connectivity index is 1.85. The van der Waals surface area contributed by atoms with E-state index in [1.54, 1.807) is 24.3 Å². The third-order valence-electron chi connectivity index (χ3n) is 5.19. The van der Waals surface area contributed by atoms with Crippen LogP contribution in [0.5, 0.6) is 0 Å². The maximum absolute atomic E-state index is 12.4. The molecule has 0 saturated heterocycles. The van der Waals surface area contributed by atoms with Gasteiger partial charge in [0.15, 0.2) is 5.78 Å². The van der Waals surface area contributed by atoms with Crippen molar-refractivity contribution in [1.82, 2.24) is 5.32 Å². The molecule has 2 aromatic rings. The first kappa shape index (κ1) is 27.0. The topological polar surface area (TPSA) is 120 Å². The number of benzene rings is 2. The summed E-state index contributed by atoms with van der Waals surface area (Å²) in [6, 6.07) is 15.4. The average Bonchev–Trinajstić information content (AvgIpc) is 2.81. The zero-order valence-electron chi connectivity index (χ0n) is 20.1. The van der Waals surface area contributed by atoms with Crippen LogP contribution in [0.15, 0.2) is 54.6 Å². The number of hydrogen-bond donors (Lipinski definition) is 3. The van der Waals surface area contributed by atoms with Crippen molar-refractivity contribution in [3.05, 3.63) is 65.7 Å². The molecule has 0 unspecified atom stereocenters. The largest absolute Gasteiger partial charge is 0.445 e. The van der Waals surface area contributed by atoms with Crippen molar-refractivity contribution >= 4 is 23.5 Å². The maximum Gasteiger partial charge on any atom is 0.408 e. The lowest BCUT2D eigenvalue weighted by molar-refractivity contribution is -0.124. The van der Waals surface area contributed by atoms with Crippen LogP contribution in [-0.4, -0.2) is 43.6 Å². The molecule has 0 heterocycles. The molecule has 2 atom stereocenters. The highest BCUT2D eigenvalue weighted by Gasteiger charge is 2.21. The number of methoxy groups -OCH3 is 1. The molecule has 0 aliphatic heterocycles. The summed E-state index contributed by atoms with van der Waals surface area (Å²) in [5.41, 5.74) is 8.33. The van der Waals surface area contributed by atoms with Gasteiger partial charge in [0.2, 0.25) is 5.91 Å². The van der Waals surface area contributed by atoms with Crippen molar-refractivity contribution in [1.29, 1.82) is 0 Å². The molecular weight excluding hydrogens is 434 g/mol. The minimum atomic E-state index is -0.708. The standard InChI is InChI=1S/C26H35N3O5/c1-18(2)15-22(27)25(31)28-21-12-9-20(10-13-21)16-34-26(32)29-23(24(30)17-33-3)14-11-19-7-5-4-6-8-19/h4-10,12-13,18,22-23H,11,14-17,27H2,1-3H3,(H,28,31)(H,29,32)/t22-,23-/m0/s1. The third-order valence-corrected chi connectivity index (χ3v) is 5.19. The molecule has 0 aromatic heterocycles. The molecule has 0 bridgehead atoms. The molecule has 8 heteroatoms. The highest BCUT2D eigenvalue weighted by atomic mass is 16.5. The van der Waals surface area contributed by atoms with Gasteiger partial charge in [-0.1, -0.05) is 56.3 Å². The molecule has 0 radical (unpaired) electrons.